The minimum Gasteiger partial charge on any atom is -0.368 e. The van der Waals surface area contributed by atoms with E-state index in [4.69, 9.17) is 4.74 Å². The Kier molecular flexibility index (Phi) is 2.33. The molecule has 2 nitrogen and oxygen atoms in total. The second kappa shape index (κ2) is 3.37. The van der Waals surface area contributed by atoms with Gasteiger partial charge in [0.2, 0.25) is 0 Å². The SMILES string of the molecule is Cc1ccc([C@]2(C)COC(O)C2)cc1. The van der Waals surface area contributed by atoms with Crippen molar-refractivity contribution >= 4 is 0 Å². The summed E-state index contributed by atoms with van der Waals surface area (Å²) < 4.78 is 5.21. The van der Waals surface area contributed by atoms with E-state index in [0.717, 1.165) is 0 Å². The van der Waals surface area contributed by atoms with Gasteiger partial charge in [-0.15, -0.1) is 0 Å². The molecule has 76 valence electrons. The van der Waals surface area contributed by atoms with Gasteiger partial charge >= 0.3 is 0 Å². The summed E-state index contributed by atoms with van der Waals surface area (Å²) >= 11 is 0. The Hall–Kier alpha value is -0.860. The van der Waals surface area contributed by atoms with Crippen LogP contribution in [0.2, 0.25) is 0 Å². The van der Waals surface area contributed by atoms with Crippen molar-refractivity contribution in [2.75, 3.05) is 6.61 Å². The van der Waals surface area contributed by atoms with Crippen LogP contribution in [0.4, 0.5) is 0 Å². The van der Waals surface area contributed by atoms with E-state index in [9.17, 15) is 5.11 Å². The predicted octanol–water partition coefficient (Wildman–Crippen LogP) is 1.99. The molecule has 2 heteroatoms. The Balaban J connectivity index is 2.26. The van der Waals surface area contributed by atoms with Crippen LogP contribution in [-0.2, 0) is 10.2 Å². The molecule has 0 radical (unpaired) electrons. The van der Waals surface area contributed by atoms with Gasteiger partial charge in [0.25, 0.3) is 0 Å². The predicted molar refractivity (Wildman–Crippen MR) is 55.1 cm³/mol. The van der Waals surface area contributed by atoms with Crippen molar-refractivity contribution in [3.63, 3.8) is 0 Å². The van der Waals surface area contributed by atoms with Gasteiger partial charge in [-0.1, -0.05) is 36.8 Å². The fourth-order valence-electron chi connectivity index (χ4n) is 1.94. The maximum atomic E-state index is 9.36. The highest BCUT2D eigenvalue weighted by Gasteiger charge is 2.36. The molecule has 0 amide bonds. The lowest BCUT2D eigenvalue weighted by Gasteiger charge is -2.22. The Labute approximate surface area is 84.5 Å². The van der Waals surface area contributed by atoms with Gasteiger partial charge in [0.1, 0.15) is 0 Å². The van der Waals surface area contributed by atoms with E-state index in [0.29, 0.717) is 13.0 Å². The number of rotatable bonds is 1. The standard InChI is InChI=1S/C12H16O2/c1-9-3-5-10(6-4-9)12(2)7-11(13)14-8-12/h3-6,11,13H,7-8H2,1-2H3/t11?,12-/m0/s1. The summed E-state index contributed by atoms with van der Waals surface area (Å²) in [7, 11) is 0. The van der Waals surface area contributed by atoms with Gasteiger partial charge in [-0.25, -0.2) is 0 Å². The minimum atomic E-state index is -0.596. The van der Waals surface area contributed by atoms with Crippen molar-refractivity contribution in [3.05, 3.63) is 35.4 Å². The summed E-state index contributed by atoms with van der Waals surface area (Å²) in [5, 5.41) is 9.36. The van der Waals surface area contributed by atoms with Crippen molar-refractivity contribution in [1.82, 2.24) is 0 Å². The van der Waals surface area contributed by atoms with Crippen molar-refractivity contribution in [1.29, 1.82) is 0 Å². The second-order valence-corrected chi connectivity index (χ2v) is 4.40. The van der Waals surface area contributed by atoms with Crippen LogP contribution in [-0.4, -0.2) is 18.0 Å². The van der Waals surface area contributed by atoms with E-state index < -0.39 is 6.29 Å². The molecule has 1 saturated heterocycles. The van der Waals surface area contributed by atoms with Gasteiger partial charge < -0.3 is 9.84 Å². The Bertz CT molecular complexity index is 318. The lowest BCUT2D eigenvalue weighted by molar-refractivity contribution is -0.0592. The van der Waals surface area contributed by atoms with Crippen LogP contribution in [0.5, 0.6) is 0 Å². The molecule has 1 N–H and O–H groups in total. The molecule has 14 heavy (non-hydrogen) atoms. The number of ether oxygens (including phenoxy) is 1. The maximum Gasteiger partial charge on any atom is 0.155 e. The number of hydrogen-bond acceptors (Lipinski definition) is 2. The number of aryl methyl sites for hydroxylation is 1. The highest BCUT2D eigenvalue weighted by Crippen LogP contribution is 2.35. The molecule has 1 heterocycles. The number of aliphatic hydroxyl groups is 1. The number of benzene rings is 1. The highest BCUT2D eigenvalue weighted by molar-refractivity contribution is 5.29. The summed E-state index contributed by atoms with van der Waals surface area (Å²) in [4.78, 5) is 0. The first kappa shape index (κ1) is 9.69. The molecule has 2 atom stereocenters. The van der Waals surface area contributed by atoms with E-state index >= 15 is 0 Å². The molecule has 1 aliphatic rings. The average Bonchev–Trinajstić information content (AvgIpc) is 2.48. The summed E-state index contributed by atoms with van der Waals surface area (Å²) in [5.74, 6) is 0. The summed E-state index contributed by atoms with van der Waals surface area (Å²) in [6, 6.07) is 8.45. The molecule has 1 unspecified atom stereocenters. The molecule has 0 aliphatic carbocycles. The topological polar surface area (TPSA) is 29.5 Å². The molecule has 1 fully saturated rings. The number of hydrogen-bond donors (Lipinski definition) is 1. The third-order valence-corrected chi connectivity index (χ3v) is 2.97. The molecule has 0 saturated carbocycles. The number of aliphatic hydroxyl groups excluding tert-OH is 1. The zero-order chi connectivity index (χ0) is 10.2. The molecule has 0 bridgehead atoms. The van der Waals surface area contributed by atoms with Crippen molar-refractivity contribution in [3.8, 4) is 0 Å². The lowest BCUT2D eigenvalue weighted by atomic mass is 9.81. The van der Waals surface area contributed by atoms with Gasteiger partial charge in [0.15, 0.2) is 6.29 Å². The normalized spacial score (nSPS) is 32.1. The van der Waals surface area contributed by atoms with Crippen LogP contribution < -0.4 is 0 Å². The van der Waals surface area contributed by atoms with Gasteiger partial charge in [0, 0.05) is 11.8 Å². The van der Waals surface area contributed by atoms with E-state index in [-0.39, 0.29) is 5.41 Å². The van der Waals surface area contributed by atoms with E-state index in [1.807, 2.05) is 0 Å². The second-order valence-electron chi connectivity index (χ2n) is 4.40. The molecule has 0 spiro atoms. The summed E-state index contributed by atoms with van der Waals surface area (Å²) in [6.45, 7) is 4.82. The first-order chi connectivity index (χ1) is 6.60. The Morgan fingerprint density at radius 1 is 1.36 bits per heavy atom. The zero-order valence-electron chi connectivity index (χ0n) is 8.66. The van der Waals surface area contributed by atoms with Crippen LogP contribution in [0.3, 0.4) is 0 Å². The molecule has 1 aliphatic heterocycles. The first-order valence-electron chi connectivity index (χ1n) is 4.97. The van der Waals surface area contributed by atoms with Crippen molar-refractivity contribution in [2.24, 2.45) is 0 Å². The third kappa shape index (κ3) is 1.68. The maximum absolute atomic E-state index is 9.36. The highest BCUT2D eigenvalue weighted by atomic mass is 16.6. The van der Waals surface area contributed by atoms with Crippen LogP contribution in [0, 0.1) is 6.92 Å². The van der Waals surface area contributed by atoms with Crippen LogP contribution in [0.25, 0.3) is 0 Å². The van der Waals surface area contributed by atoms with Gasteiger partial charge in [-0.2, -0.15) is 0 Å². The van der Waals surface area contributed by atoms with Gasteiger partial charge in [-0.05, 0) is 12.5 Å². The van der Waals surface area contributed by atoms with E-state index in [1.165, 1.54) is 11.1 Å². The van der Waals surface area contributed by atoms with Crippen LogP contribution in [0.15, 0.2) is 24.3 Å². The van der Waals surface area contributed by atoms with Crippen LogP contribution >= 0.6 is 0 Å². The molecular formula is C12H16O2. The smallest absolute Gasteiger partial charge is 0.155 e. The fourth-order valence-corrected chi connectivity index (χ4v) is 1.94. The largest absolute Gasteiger partial charge is 0.368 e. The minimum absolute atomic E-state index is 0.0207. The lowest BCUT2D eigenvalue weighted by Crippen LogP contribution is -2.22. The zero-order valence-corrected chi connectivity index (χ0v) is 8.66. The Morgan fingerprint density at radius 3 is 2.50 bits per heavy atom. The van der Waals surface area contributed by atoms with E-state index in [1.54, 1.807) is 0 Å². The third-order valence-electron chi connectivity index (χ3n) is 2.97. The first-order valence-corrected chi connectivity index (χ1v) is 4.97. The molecular weight excluding hydrogens is 176 g/mol. The monoisotopic (exact) mass is 192 g/mol. The molecule has 1 aromatic rings. The van der Waals surface area contributed by atoms with Crippen LogP contribution in [0.1, 0.15) is 24.5 Å². The van der Waals surface area contributed by atoms with Crippen molar-refractivity contribution < 1.29 is 9.84 Å². The Morgan fingerprint density at radius 2 is 2.00 bits per heavy atom. The average molecular weight is 192 g/mol. The van der Waals surface area contributed by atoms with Gasteiger partial charge in [-0.3, -0.25) is 0 Å². The molecule has 0 aromatic heterocycles. The molecule has 2 rings (SSSR count). The van der Waals surface area contributed by atoms with Gasteiger partial charge in [0.05, 0.1) is 6.61 Å². The molecule has 1 aromatic carbocycles. The van der Waals surface area contributed by atoms with Crippen molar-refractivity contribution in [2.45, 2.75) is 32.0 Å². The summed E-state index contributed by atoms with van der Waals surface area (Å²) in [6.07, 6.45) is 0.0945. The summed E-state index contributed by atoms with van der Waals surface area (Å²) in [5.41, 5.74) is 2.49. The van der Waals surface area contributed by atoms with E-state index in [2.05, 4.69) is 38.1 Å². The fraction of sp³-hybridized carbons (Fsp3) is 0.500. The quantitative estimate of drug-likeness (QED) is 0.737.